The first-order valence-corrected chi connectivity index (χ1v) is 9.36. The first kappa shape index (κ1) is 16.7. The predicted molar refractivity (Wildman–Crippen MR) is 92.2 cm³/mol. The molecule has 4 heterocycles. The number of hydrogen-bond donors (Lipinski definition) is 1. The summed E-state index contributed by atoms with van der Waals surface area (Å²) in [6, 6.07) is 2.11. The number of anilines is 1. The molecule has 3 fully saturated rings. The molecule has 1 amide bonds. The molecule has 1 aromatic rings. The van der Waals surface area contributed by atoms with E-state index in [-0.39, 0.29) is 24.2 Å². The summed E-state index contributed by atoms with van der Waals surface area (Å²) in [7, 11) is 0. The van der Waals surface area contributed by atoms with Gasteiger partial charge in [-0.2, -0.15) is 0 Å². The number of carbonyl (C=O) groups excluding carboxylic acids is 1. The van der Waals surface area contributed by atoms with Gasteiger partial charge >= 0.3 is 0 Å². The van der Waals surface area contributed by atoms with Gasteiger partial charge in [0.15, 0.2) is 0 Å². The molecule has 1 aromatic heterocycles. The molecule has 0 aromatic carbocycles. The Bertz CT molecular complexity index is 579. The molecule has 0 aliphatic carbocycles. The summed E-state index contributed by atoms with van der Waals surface area (Å²) in [5.41, 5.74) is 0. The molecule has 3 saturated heterocycles. The molecule has 7 nitrogen and oxygen atoms in total. The molecular weight excluding hydrogens is 320 g/mol. The Balaban J connectivity index is 1.29. The minimum atomic E-state index is -0.322. The molecule has 0 spiro atoms. The van der Waals surface area contributed by atoms with Crippen molar-refractivity contribution in [1.82, 2.24) is 15.3 Å². The maximum absolute atomic E-state index is 12.5. The Labute approximate surface area is 148 Å². The lowest BCUT2D eigenvalue weighted by molar-refractivity contribution is -0.141. The van der Waals surface area contributed by atoms with Gasteiger partial charge in [0, 0.05) is 38.7 Å². The summed E-state index contributed by atoms with van der Waals surface area (Å²) in [5.74, 6) is 1.34. The number of hydrogen-bond acceptors (Lipinski definition) is 6. The number of rotatable bonds is 4. The first-order valence-electron chi connectivity index (χ1n) is 9.36. The van der Waals surface area contributed by atoms with Crippen molar-refractivity contribution < 1.29 is 14.3 Å². The monoisotopic (exact) mass is 346 g/mol. The van der Waals surface area contributed by atoms with Crippen LogP contribution in [0.25, 0.3) is 0 Å². The standard InChI is InChI=1S/C18H26N4O3/c23-17(21-12-13-5-10-24-11-6-13)16-3-2-14-15(25-16)4-9-22(14)18-19-7-1-8-20-18/h1,7-8,13-16H,2-6,9-12H2,(H,21,23)/t14-,15-,16+/m1/s1. The summed E-state index contributed by atoms with van der Waals surface area (Å²) < 4.78 is 11.5. The number of carbonyl (C=O) groups is 1. The van der Waals surface area contributed by atoms with Gasteiger partial charge in [-0.25, -0.2) is 9.97 Å². The lowest BCUT2D eigenvalue weighted by Crippen LogP contribution is -2.48. The van der Waals surface area contributed by atoms with Gasteiger partial charge in [-0.05, 0) is 44.1 Å². The Hall–Kier alpha value is -1.73. The van der Waals surface area contributed by atoms with E-state index >= 15 is 0 Å². The fourth-order valence-electron chi connectivity index (χ4n) is 4.12. The number of ether oxygens (including phenoxy) is 2. The van der Waals surface area contributed by atoms with E-state index < -0.39 is 0 Å². The van der Waals surface area contributed by atoms with Crippen LogP contribution in [-0.4, -0.2) is 60.4 Å². The van der Waals surface area contributed by atoms with Crippen molar-refractivity contribution >= 4 is 11.9 Å². The van der Waals surface area contributed by atoms with Crippen LogP contribution in [0, 0.1) is 5.92 Å². The summed E-state index contributed by atoms with van der Waals surface area (Å²) in [6.07, 6.45) is 7.99. The molecule has 3 aliphatic rings. The van der Waals surface area contributed by atoms with Crippen LogP contribution in [0.15, 0.2) is 18.5 Å². The molecule has 0 saturated carbocycles. The Morgan fingerprint density at radius 2 is 1.96 bits per heavy atom. The third-order valence-corrected chi connectivity index (χ3v) is 5.56. The van der Waals surface area contributed by atoms with Gasteiger partial charge < -0.3 is 19.7 Å². The van der Waals surface area contributed by atoms with Crippen molar-refractivity contribution in [3.63, 3.8) is 0 Å². The zero-order valence-corrected chi connectivity index (χ0v) is 14.5. The molecule has 7 heteroatoms. The minimum Gasteiger partial charge on any atom is -0.381 e. The van der Waals surface area contributed by atoms with E-state index in [9.17, 15) is 4.79 Å². The lowest BCUT2D eigenvalue weighted by atomic mass is 9.98. The van der Waals surface area contributed by atoms with Gasteiger partial charge in [0.2, 0.25) is 11.9 Å². The topological polar surface area (TPSA) is 76.6 Å². The van der Waals surface area contributed by atoms with Crippen molar-refractivity contribution in [2.45, 2.75) is 50.4 Å². The fraction of sp³-hybridized carbons (Fsp3) is 0.722. The van der Waals surface area contributed by atoms with Gasteiger partial charge in [-0.1, -0.05) is 0 Å². The van der Waals surface area contributed by atoms with Crippen molar-refractivity contribution in [1.29, 1.82) is 0 Å². The van der Waals surface area contributed by atoms with Gasteiger partial charge in [0.05, 0.1) is 12.1 Å². The van der Waals surface area contributed by atoms with Crippen LogP contribution in [0.2, 0.25) is 0 Å². The van der Waals surface area contributed by atoms with Crippen molar-refractivity contribution in [3.05, 3.63) is 18.5 Å². The molecule has 136 valence electrons. The molecule has 4 rings (SSSR count). The van der Waals surface area contributed by atoms with E-state index in [1.807, 2.05) is 6.07 Å². The normalized spacial score (nSPS) is 30.1. The zero-order chi connectivity index (χ0) is 17.1. The summed E-state index contributed by atoms with van der Waals surface area (Å²) in [6.45, 7) is 3.24. The smallest absolute Gasteiger partial charge is 0.249 e. The van der Waals surface area contributed by atoms with Crippen LogP contribution in [0.5, 0.6) is 0 Å². The molecule has 0 unspecified atom stereocenters. The van der Waals surface area contributed by atoms with Crippen LogP contribution in [0.4, 0.5) is 5.95 Å². The van der Waals surface area contributed by atoms with Crippen LogP contribution < -0.4 is 10.2 Å². The third kappa shape index (κ3) is 3.77. The Morgan fingerprint density at radius 1 is 1.16 bits per heavy atom. The van der Waals surface area contributed by atoms with E-state index in [0.29, 0.717) is 5.92 Å². The Morgan fingerprint density at radius 3 is 2.76 bits per heavy atom. The molecular formula is C18H26N4O3. The van der Waals surface area contributed by atoms with E-state index in [0.717, 1.165) is 64.4 Å². The largest absolute Gasteiger partial charge is 0.381 e. The van der Waals surface area contributed by atoms with Crippen LogP contribution in [0.1, 0.15) is 32.1 Å². The summed E-state index contributed by atoms with van der Waals surface area (Å²) in [4.78, 5) is 23.4. The number of nitrogens with one attached hydrogen (secondary N) is 1. The summed E-state index contributed by atoms with van der Waals surface area (Å²) >= 11 is 0. The molecule has 3 atom stereocenters. The fourth-order valence-corrected chi connectivity index (χ4v) is 4.12. The molecule has 1 N–H and O–H groups in total. The number of amides is 1. The molecule has 3 aliphatic heterocycles. The highest BCUT2D eigenvalue weighted by molar-refractivity contribution is 5.80. The van der Waals surface area contributed by atoms with Gasteiger partial charge in [-0.3, -0.25) is 4.79 Å². The molecule has 0 radical (unpaired) electrons. The number of aromatic nitrogens is 2. The van der Waals surface area contributed by atoms with Crippen molar-refractivity contribution in [3.8, 4) is 0 Å². The highest BCUT2D eigenvalue weighted by Crippen LogP contribution is 2.33. The quantitative estimate of drug-likeness (QED) is 0.881. The van der Waals surface area contributed by atoms with E-state index in [1.165, 1.54) is 0 Å². The average molecular weight is 346 g/mol. The summed E-state index contributed by atoms with van der Waals surface area (Å²) in [5, 5.41) is 3.09. The Kier molecular flexibility index (Phi) is 5.12. The maximum Gasteiger partial charge on any atom is 0.249 e. The van der Waals surface area contributed by atoms with Crippen LogP contribution in [-0.2, 0) is 14.3 Å². The number of nitrogens with zero attached hydrogens (tertiary/aromatic N) is 3. The van der Waals surface area contributed by atoms with Gasteiger partial charge in [-0.15, -0.1) is 0 Å². The van der Waals surface area contributed by atoms with Crippen molar-refractivity contribution in [2.24, 2.45) is 5.92 Å². The lowest BCUT2D eigenvalue weighted by Gasteiger charge is -2.35. The zero-order valence-electron chi connectivity index (χ0n) is 14.5. The third-order valence-electron chi connectivity index (χ3n) is 5.56. The van der Waals surface area contributed by atoms with E-state index in [1.54, 1.807) is 12.4 Å². The molecule has 25 heavy (non-hydrogen) atoms. The SMILES string of the molecule is O=C(NCC1CCOCC1)[C@@H]1CC[C@@H]2[C@@H](CCN2c2ncccn2)O1. The highest BCUT2D eigenvalue weighted by atomic mass is 16.5. The van der Waals surface area contributed by atoms with Crippen LogP contribution >= 0.6 is 0 Å². The first-order chi connectivity index (χ1) is 12.3. The van der Waals surface area contributed by atoms with E-state index in [2.05, 4.69) is 20.2 Å². The second kappa shape index (κ2) is 7.66. The predicted octanol–water partition coefficient (Wildman–Crippen LogP) is 1.15. The van der Waals surface area contributed by atoms with Gasteiger partial charge in [0.1, 0.15) is 6.10 Å². The molecule has 0 bridgehead atoms. The maximum atomic E-state index is 12.5. The average Bonchev–Trinajstić information content (AvgIpc) is 3.11. The number of fused-ring (bicyclic) bond motifs is 1. The van der Waals surface area contributed by atoms with E-state index in [4.69, 9.17) is 9.47 Å². The van der Waals surface area contributed by atoms with Gasteiger partial charge in [0.25, 0.3) is 0 Å². The minimum absolute atomic E-state index is 0.0411. The highest BCUT2D eigenvalue weighted by Gasteiger charge is 2.42. The second-order valence-electron chi connectivity index (χ2n) is 7.14. The second-order valence-corrected chi connectivity index (χ2v) is 7.14. The van der Waals surface area contributed by atoms with Crippen molar-refractivity contribution in [2.75, 3.05) is 31.2 Å². The van der Waals surface area contributed by atoms with Crippen LogP contribution in [0.3, 0.4) is 0 Å².